The number of aromatic carboxylic acids is 4. The van der Waals surface area contributed by atoms with Crippen LogP contribution in [0, 0.1) is 0 Å². The van der Waals surface area contributed by atoms with Crippen molar-refractivity contribution in [1.82, 2.24) is 0 Å². The summed E-state index contributed by atoms with van der Waals surface area (Å²) in [4.78, 5) is 46.3. The molecule has 224 valence electrons. The van der Waals surface area contributed by atoms with E-state index < -0.39 is 23.9 Å². The van der Waals surface area contributed by atoms with Gasteiger partial charge < -0.3 is 29.7 Å². The van der Waals surface area contributed by atoms with E-state index in [1.54, 1.807) is 48.5 Å². The molecule has 0 fully saturated rings. The van der Waals surface area contributed by atoms with Gasteiger partial charge in [0.25, 0.3) is 0 Å². The highest BCUT2D eigenvalue weighted by atomic mass is 32.2. The van der Waals surface area contributed by atoms with Crippen LogP contribution in [0.2, 0.25) is 0 Å². The summed E-state index contributed by atoms with van der Waals surface area (Å²) in [7, 11) is 8.50. The molecule has 0 saturated carbocycles. The van der Waals surface area contributed by atoms with Gasteiger partial charge in [0.2, 0.25) is 0 Å². The highest BCUT2D eigenvalue weighted by Gasteiger charge is 2.05. The molecule has 43 heavy (non-hydrogen) atoms. The van der Waals surface area contributed by atoms with Crippen molar-refractivity contribution in [1.29, 1.82) is 0 Å². The molecule has 0 saturated heterocycles. The van der Waals surface area contributed by atoms with Crippen LogP contribution in [0.5, 0.6) is 0 Å². The Morgan fingerprint density at radius 3 is 0.814 bits per heavy atom. The zero-order valence-electron chi connectivity index (χ0n) is 23.9. The van der Waals surface area contributed by atoms with Gasteiger partial charge >= 0.3 is 17.9 Å². The smallest absolute Gasteiger partial charge is 0.335 e. The number of hydrogen-bond acceptors (Lipinski definition) is 7. The van der Waals surface area contributed by atoms with Crippen molar-refractivity contribution in [2.75, 3.05) is 28.2 Å². The lowest BCUT2D eigenvalue weighted by Gasteiger charge is -2.14. The number of rotatable bonds is 8. The fraction of sp³-hybridized carbons (Fsp3) is 0.125. The molecule has 0 aliphatic rings. The zero-order chi connectivity index (χ0) is 32.2. The maximum atomic E-state index is 10.7. The minimum absolute atomic E-state index is 0.130. The van der Waals surface area contributed by atoms with E-state index in [4.69, 9.17) is 15.3 Å². The van der Waals surface area contributed by atoms with Gasteiger partial charge in [0, 0.05) is 19.6 Å². The molecule has 0 aliphatic heterocycles. The molecule has 4 aromatic carbocycles. The summed E-state index contributed by atoms with van der Waals surface area (Å²) in [6.45, 7) is 0. The van der Waals surface area contributed by atoms with E-state index in [2.05, 4.69) is 28.2 Å². The lowest BCUT2D eigenvalue weighted by molar-refractivity contribution is -0.849. The van der Waals surface area contributed by atoms with Crippen molar-refractivity contribution in [3.63, 3.8) is 0 Å². The summed E-state index contributed by atoms with van der Waals surface area (Å²) in [6, 6.07) is 25.8. The first-order valence-electron chi connectivity index (χ1n) is 12.6. The van der Waals surface area contributed by atoms with Crippen molar-refractivity contribution >= 4 is 47.4 Å². The van der Waals surface area contributed by atoms with Gasteiger partial charge in [-0.05, 0) is 90.5 Å². The maximum absolute atomic E-state index is 10.7. The van der Waals surface area contributed by atoms with Crippen LogP contribution in [0.4, 0.5) is 0 Å². The van der Waals surface area contributed by atoms with Gasteiger partial charge in [0.1, 0.15) is 0 Å². The Labute approximate surface area is 258 Å². The highest BCUT2D eigenvalue weighted by Crippen LogP contribution is 2.29. The Morgan fingerprint density at radius 2 is 0.651 bits per heavy atom. The zero-order valence-corrected chi connectivity index (χ0v) is 25.5. The van der Waals surface area contributed by atoms with Crippen LogP contribution in [0.15, 0.2) is 117 Å². The quantitative estimate of drug-likeness (QED) is 0.216. The van der Waals surface area contributed by atoms with Crippen molar-refractivity contribution < 1.29 is 44.1 Å². The molecule has 0 spiro atoms. The average molecular weight is 622 g/mol. The van der Waals surface area contributed by atoms with E-state index in [0.717, 1.165) is 24.1 Å². The molecule has 0 unspecified atom stereocenters. The van der Waals surface area contributed by atoms with Crippen LogP contribution in [-0.4, -0.2) is 71.9 Å². The Kier molecular flexibility index (Phi) is 13.0. The molecule has 11 heteroatoms. The van der Waals surface area contributed by atoms with Crippen LogP contribution in [0.3, 0.4) is 0 Å². The van der Waals surface area contributed by atoms with Gasteiger partial charge in [0.05, 0.1) is 50.9 Å². The molecule has 0 amide bonds. The van der Waals surface area contributed by atoms with Gasteiger partial charge in [0.15, 0.2) is 0 Å². The Bertz CT molecular complexity index is 1300. The Morgan fingerprint density at radius 1 is 0.465 bits per heavy atom. The molecule has 0 heterocycles. The maximum Gasteiger partial charge on any atom is 0.335 e. The first-order chi connectivity index (χ1) is 20.1. The van der Waals surface area contributed by atoms with Gasteiger partial charge in [-0.1, -0.05) is 35.7 Å². The van der Waals surface area contributed by atoms with Gasteiger partial charge in [-0.15, -0.1) is 0 Å². The predicted octanol–water partition coefficient (Wildman–Crippen LogP) is 5.46. The van der Waals surface area contributed by atoms with E-state index in [-0.39, 0.29) is 22.3 Å². The molecule has 0 atom stereocenters. The van der Waals surface area contributed by atoms with Crippen LogP contribution >= 0.6 is 23.5 Å². The number of carbonyl (C=O) groups excluding carboxylic acids is 1. The molecular weight excluding hydrogens is 590 g/mol. The Hall–Kier alpha value is -4.58. The van der Waals surface area contributed by atoms with Crippen LogP contribution in [0.1, 0.15) is 41.4 Å². The highest BCUT2D eigenvalue weighted by molar-refractivity contribution is 7.99. The average Bonchev–Trinajstić information content (AvgIpc) is 2.94. The topological polar surface area (TPSA) is 152 Å². The summed E-state index contributed by atoms with van der Waals surface area (Å²) in [6.07, 6.45) is 0. The summed E-state index contributed by atoms with van der Waals surface area (Å²) in [5.74, 6) is -4.08. The standard InChI is InChI=1S/2C14H10O4S.C4H12N/c2*15-13(16)9-1-5-11(6-2-9)19-12-7-3-10(4-8-12)14(17)18;1-5(2,3)4/h2*1-8H,(H,15,16)(H,17,18);1-4H3/q;;+1/p-1. The number of quaternary nitrogens is 1. The molecular formula is C32H31NO8S2. The minimum Gasteiger partial charge on any atom is -0.545 e. The van der Waals surface area contributed by atoms with Crippen LogP contribution in [0.25, 0.3) is 0 Å². The number of benzene rings is 4. The molecule has 0 aromatic heterocycles. The first kappa shape index (κ1) is 34.6. The summed E-state index contributed by atoms with van der Waals surface area (Å²) >= 11 is 2.86. The second kappa shape index (κ2) is 16.2. The number of carboxylic acids is 4. The van der Waals surface area contributed by atoms with Crippen molar-refractivity contribution in [2.45, 2.75) is 19.6 Å². The molecule has 3 N–H and O–H groups in total. The van der Waals surface area contributed by atoms with Crippen LogP contribution in [-0.2, 0) is 0 Å². The summed E-state index contributed by atoms with van der Waals surface area (Å²) < 4.78 is 1.00. The first-order valence-corrected chi connectivity index (χ1v) is 14.2. The van der Waals surface area contributed by atoms with Crippen molar-refractivity contribution in [3.8, 4) is 0 Å². The van der Waals surface area contributed by atoms with E-state index in [0.29, 0.717) is 0 Å². The SMILES string of the molecule is C[N+](C)(C)C.O=C(O)c1ccc(Sc2ccc(C(=O)O)cc2)cc1.O=C([O-])c1ccc(Sc2ccc(C(=O)O)cc2)cc1. The monoisotopic (exact) mass is 621 g/mol. The van der Waals surface area contributed by atoms with Gasteiger partial charge in [-0.3, -0.25) is 0 Å². The summed E-state index contributed by atoms with van der Waals surface area (Å²) in [5.41, 5.74) is 0.846. The van der Waals surface area contributed by atoms with Crippen LogP contribution < -0.4 is 5.11 Å². The summed E-state index contributed by atoms with van der Waals surface area (Å²) in [5, 5.41) is 36.9. The minimum atomic E-state index is -1.21. The molecule has 0 aliphatic carbocycles. The predicted molar refractivity (Wildman–Crippen MR) is 163 cm³/mol. The third-order valence-electron chi connectivity index (χ3n) is 4.87. The molecule has 4 rings (SSSR count). The van der Waals surface area contributed by atoms with Crippen molar-refractivity contribution in [2.24, 2.45) is 0 Å². The van der Waals surface area contributed by atoms with Gasteiger partial charge in [-0.2, -0.15) is 0 Å². The second-order valence-corrected chi connectivity index (χ2v) is 12.5. The normalized spacial score (nSPS) is 10.3. The van der Waals surface area contributed by atoms with E-state index >= 15 is 0 Å². The largest absolute Gasteiger partial charge is 0.545 e. The number of nitrogens with zero attached hydrogens (tertiary/aromatic N) is 1. The third kappa shape index (κ3) is 13.3. The van der Waals surface area contributed by atoms with E-state index in [1.807, 2.05) is 0 Å². The van der Waals surface area contributed by atoms with E-state index in [9.17, 15) is 24.3 Å². The molecule has 0 bridgehead atoms. The molecule has 4 aromatic rings. The molecule has 9 nitrogen and oxygen atoms in total. The van der Waals surface area contributed by atoms with Crippen molar-refractivity contribution in [3.05, 3.63) is 119 Å². The fourth-order valence-corrected chi connectivity index (χ4v) is 4.56. The van der Waals surface area contributed by atoms with Gasteiger partial charge in [-0.25, -0.2) is 14.4 Å². The number of hydrogen-bond donors (Lipinski definition) is 3. The lowest BCUT2D eigenvalue weighted by atomic mass is 10.2. The third-order valence-corrected chi connectivity index (χ3v) is 6.90. The molecule has 0 radical (unpaired) electrons. The second-order valence-electron chi connectivity index (χ2n) is 10.2. The lowest BCUT2D eigenvalue weighted by Crippen LogP contribution is -2.27. The number of carbonyl (C=O) groups is 4. The van der Waals surface area contributed by atoms with E-state index in [1.165, 1.54) is 72.1 Å². The number of carboxylic acid groups (broad SMARTS) is 4. The Balaban J connectivity index is 0.000000260. The fourth-order valence-electron chi connectivity index (χ4n) is 2.93.